The average molecular weight is 459 g/mol. The molecular weight excluding hydrogens is 412 g/mol. The van der Waals surface area contributed by atoms with Gasteiger partial charge in [-0.3, -0.25) is 4.79 Å². The highest BCUT2D eigenvalue weighted by Crippen LogP contribution is 2.42. The van der Waals surface area contributed by atoms with Gasteiger partial charge in [-0.25, -0.2) is 0 Å². The number of aryl methyl sites for hydroxylation is 4. The molecule has 2 saturated carbocycles. The summed E-state index contributed by atoms with van der Waals surface area (Å²) in [5, 5.41) is 0. The van der Waals surface area contributed by atoms with Gasteiger partial charge in [0.1, 0.15) is 5.78 Å². The molecule has 2 atom stereocenters. The largest absolute Gasteiger partial charge is 0.300 e. The number of benzene rings is 2. The topological polar surface area (TPSA) is 17.1 Å². The van der Waals surface area contributed by atoms with Gasteiger partial charge in [0.25, 0.3) is 0 Å². The van der Waals surface area contributed by atoms with Crippen molar-refractivity contribution in [2.45, 2.75) is 117 Å². The van der Waals surface area contributed by atoms with Crippen LogP contribution in [0.2, 0.25) is 0 Å². The predicted molar refractivity (Wildman–Crippen MR) is 145 cm³/mol. The van der Waals surface area contributed by atoms with E-state index in [0.717, 1.165) is 12.8 Å². The molecule has 184 valence electrons. The lowest BCUT2D eigenvalue weighted by molar-refractivity contribution is -0.120. The van der Waals surface area contributed by atoms with Gasteiger partial charge in [-0.1, -0.05) is 97.2 Å². The minimum atomic E-state index is 0.387. The zero-order valence-electron chi connectivity index (χ0n) is 22.2. The number of rotatable bonds is 8. The Morgan fingerprint density at radius 3 is 1.24 bits per heavy atom. The molecule has 0 unspecified atom stereocenters. The molecule has 0 aliphatic heterocycles. The van der Waals surface area contributed by atoms with E-state index in [1.165, 1.54) is 97.6 Å². The molecule has 1 nitrogen and oxygen atoms in total. The number of hydrogen-bond acceptors (Lipinski definition) is 1. The normalized spacial score (nSPS) is 19.6. The predicted octanol–water partition coefficient (Wildman–Crippen LogP) is 9.30. The molecule has 1 heteroatoms. The third-order valence-electron chi connectivity index (χ3n) is 8.68. The number of carbonyl (C=O) groups excluding carboxylic acids is 1. The van der Waals surface area contributed by atoms with Crippen molar-refractivity contribution in [3.63, 3.8) is 0 Å². The fraction of sp³-hybridized carbons (Fsp3) is 0.606. The minimum Gasteiger partial charge on any atom is -0.300 e. The van der Waals surface area contributed by atoms with Crippen LogP contribution in [0.1, 0.15) is 122 Å². The number of ketones is 1. The molecule has 0 amide bonds. The number of carbonyl (C=O) groups is 1. The van der Waals surface area contributed by atoms with Crippen LogP contribution in [0.25, 0.3) is 0 Å². The summed E-state index contributed by atoms with van der Waals surface area (Å²) in [5.74, 6) is 2.58. The van der Waals surface area contributed by atoms with Crippen molar-refractivity contribution in [1.82, 2.24) is 0 Å². The number of hydrogen-bond donors (Lipinski definition) is 0. The van der Waals surface area contributed by atoms with Gasteiger partial charge in [-0.2, -0.15) is 0 Å². The zero-order valence-corrected chi connectivity index (χ0v) is 22.2. The van der Waals surface area contributed by atoms with E-state index in [-0.39, 0.29) is 0 Å². The van der Waals surface area contributed by atoms with Crippen molar-refractivity contribution < 1.29 is 4.79 Å². The van der Waals surface area contributed by atoms with Crippen molar-refractivity contribution in [2.75, 3.05) is 0 Å². The maximum atomic E-state index is 13.8. The van der Waals surface area contributed by atoms with E-state index >= 15 is 0 Å². The Morgan fingerprint density at radius 1 is 0.588 bits per heavy atom. The summed E-state index contributed by atoms with van der Waals surface area (Å²) in [7, 11) is 0. The van der Waals surface area contributed by atoms with E-state index < -0.39 is 0 Å². The van der Waals surface area contributed by atoms with Crippen LogP contribution in [0, 0.1) is 39.5 Å². The molecule has 0 radical (unpaired) electrons. The van der Waals surface area contributed by atoms with E-state index in [4.69, 9.17) is 0 Å². The van der Waals surface area contributed by atoms with Gasteiger partial charge < -0.3 is 0 Å². The molecule has 0 aromatic heterocycles. The SMILES string of the molecule is Cc1cc(C)cc([C@H](CC(=O)C[C@@H](c2cc(C)cc(C)c2)C2CCCCC2)C2CCCCC2)c1. The molecule has 2 aliphatic carbocycles. The van der Waals surface area contributed by atoms with E-state index in [9.17, 15) is 4.79 Å². The lowest BCUT2D eigenvalue weighted by atomic mass is 9.71. The second-order valence-electron chi connectivity index (χ2n) is 11.8. The molecule has 0 N–H and O–H groups in total. The van der Waals surface area contributed by atoms with Crippen LogP contribution in [-0.4, -0.2) is 5.78 Å². The average Bonchev–Trinajstić information content (AvgIpc) is 2.81. The van der Waals surface area contributed by atoms with Gasteiger partial charge in [0.2, 0.25) is 0 Å². The van der Waals surface area contributed by atoms with E-state index in [1.54, 1.807) is 0 Å². The third kappa shape index (κ3) is 6.61. The second-order valence-corrected chi connectivity index (χ2v) is 11.8. The monoisotopic (exact) mass is 458 g/mol. The lowest BCUT2D eigenvalue weighted by Crippen LogP contribution is -2.23. The van der Waals surface area contributed by atoms with Gasteiger partial charge in [-0.15, -0.1) is 0 Å². The zero-order chi connectivity index (χ0) is 24.1. The van der Waals surface area contributed by atoms with Crippen molar-refractivity contribution in [3.8, 4) is 0 Å². The Labute approximate surface area is 208 Å². The third-order valence-corrected chi connectivity index (χ3v) is 8.68. The molecule has 0 bridgehead atoms. The summed E-state index contributed by atoms with van der Waals surface area (Å²) < 4.78 is 0. The fourth-order valence-corrected chi connectivity index (χ4v) is 7.21. The van der Waals surface area contributed by atoms with Crippen molar-refractivity contribution in [3.05, 3.63) is 69.8 Å². The first-order valence-corrected chi connectivity index (χ1v) is 14.1. The summed E-state index contributed by atoms with van der Waals surface area (Å²) in [6.07, 6.45) is 14.6. The summed E-state index contributed by atoms with van der Waals surface area (Å²) in [6, 6.07) is 14.0. The van der Waals surface area contributed by atoms with E-state index in [0.29, 0.717) is 29.5 Å². The smallest absolute Gasteiger partial charge is 0.134 e. The molecule has 2 aromatic rings. The highest BCUT2D eigenvalue weighted by Gasteiger charge is 2.31. The highest BCUT2D eigenvalue weighted by atomic mass is 16.1. The first-order chi connectivity index (χ1) is 16.4. The van der Waals surface area contributed by atoms with Crippen LogP contribution < -0.4 is 0 Å². The maximum absolute atomic E-state index is 13.8. The van der Waals surface area contributed by atoms with Gasteiger partial charge in [0.15, 0.2) is 0 Å². The van der Waals surface area contributed by atoms with Crippen molar-refractivity contribution in [2.24, 2.45) is 11.8 Å². The molecule has 4 rings (SSSR count). The van der Waals surface area contributed by atoms with Crippen LogP contribution in [-0.2, 0) is 4.79 Å². The standard InChI is InChI=1S/C33H46O/c1-23-15-24(2)18-29(17-23)32(27-11-7-5-8-12-27)21-31(34)22-33(28-13-9-6-10-14-28)30-19-25(3)16-26(4)20-30/h15-20,27-28,32-33H,5-14,21-22H2,1-4H3/t32-,33-/m1/s1. The van der Waals surface area contributed by atoms with Crippen LogP contribution in [0.15, 0.2) is 36.4 Å². The molecule has 2 fully saturated rings. The first kappa shape index (κ1) is 25.2. The molecule has 2 aromatic carbocycles. The van der Waals surface area contributed by atoms with Crippen LogP contribution in [0.3, 0.4) is 0 Å². The summed E-state index contributed by atoms with van der Waals surface area (Å²) in [4.78, 5) is 13.8. The van der Waals surface area contributed by atoms with Crippen LogP contribution in [0.4, 0.5) is 0 Å². The second kappa shape index (κ2) is 11.7. The molecule has 0 heterocycles. The van der Waals surface area contributed by atoms with Gasteiger partial charge in [0, 0.05) is 12.8 Å². The quantitative estimate of drug-likeness (QED) is 0.385. The summed E-state index contributed by atoms with van der Waals surface area (Å²) in [6.45, 7) is 8.82. The van der Waals surface area contributed by atoms with Gasteiger partial charge in [-0.05, 0) is 88.2 Å². The van der Waals surface area contributed by atoms with Crippen LogP contribution in [0.5, 0.6) is 0 Å². The van der Waals surface area contributed by atoms with Crippen molar-refractivity contribution >= 4 is 5.78 Å². The van der Waals surface area contributed by atoms with Crippen molar-refractivity contribution in [1.29, 1.82) is 0 Å². The first-order valence-electron chi connectivity index (χ1n) is 14.1. The van der Waals surface area contributed by atoms with E-state index in [1.807, 2.05) is 0 Å². The summed E-state index contributed by atoms with van der Waals surface area (Å²) in [5.41, 5.74) is 8.16. The molecule has 34 heavy (non-hydrogen) atoms. The Bertz CT molecular complexity index is 841. The lowest BCUT2D eigenvalue weighted by Gasteiger charge is -2.33. The summed E-state index contributed by atoms with van der Waals surface area (Å²) >= 11 is 0. The van der Waals surface area contributed by atoms with Crippen LogP contribution >= 0.6 is 0 Å². The Hall–Kier alpha value is -1.89. The molecule has 0 saturated heterocycles. The van der Waals surface area contributed by atoms with Gasteiger partial charge in [0.05, 0.1) is 0 Å². The Kier molecular flexibility index (Phi) is 8.67. The highest BCUT2D eigenvalue weighted by molar-refractivity contribution is 5.80. The van der Waals surface area contributed by atoms with Gasteiger partial charge >= 0.3 is 0 Å². The molecule has 2 aliphatic rings. The molecule has 0 spiro atoms. The van der Waals surface area contributed by atoms with E-state index in [2.05, 4.69) is 64.1 Å². The minimum absolute atomic E-state index is 0.387. The Balaban J connectivity index is 1.58. The Morgan fingerprint density at radius 2 is 0.912 bits per heavy atom. The molecular formula is C33H46O. The maximum Gasteiger partial charge on any atom is 0.134 e. The fourth-order valence-electron chi connectivity index (χ4n) is 7.21. The number of Topliss-reactive ketones (excluding diaryl/α,β-unsaturated/α-hetero) is 1.